The molecular weight excluding hydrogens is 392 g/mol. The van der Waals surface area contributed by atoms with Crippen LogP contribution in [0.25, 0.3) is 6.08 Å². The molecule has 2 aromatic carbocycles. The van der Waals surface area contributed by atoms with E-state index in [1.807, 2.05) is 67.7 Å². The van der Waals surface area contributed by atoms with Crippen molar-refractivity contribution in [2.45, 2.75) is 19.5 Å². The number of hydrogen-bond donors (Lipinski definition) is 1. The van der Waals surface area contributed by atoms with Crippen molar-refractivity contribution in [3.8, 4) is 0 Å². The molecule has 0 unspecified atom stereocenters. The Morgan fingerprint density at radius 3 is 2.69 bits per heavy atom. The van der Waals surface area contributed by atoms with Gasteiger partial charge in [-0.25, -0.2) is 4.68 Å². The zero-order valence-electron chi connectivity index (χ0n) is 14.3. The molecule has 132 valence electrons. The number of benzene rings is 2. The Morgan fingerprint density at radius 2 is 1.92 bits per heavy atom. The fraction of sp³-hybridized carbons (Fsp3) is 0.150. The van der Waals surface area contributed by atoms with Crippen molar-refractivity contribution in [1.82, 2.24) is 20.3 Å². The van der Waals surface area contributed by atoms with E-state index in [2.05, 4.69) is 31.6 Å². The van der Waals surface area contributed by atoms with E-state index in [0.717, 1.165) is 15.6 Å². The molecule has 3 rings (SSSR count). The number of carbonyl (C=O) groups is 1. The molecular formula is C20H19BrN4O. The molecule has 1 atom stereocenters. The Hall–Kier alpha value is -2.73. The van der Waals surface area contributed by atoms with Crippen molar-refractivity contribution in [3.05, 3.63) is 88.2 Å². The molecule has 3 aromatic rings. The maximum absolute atomic E-state index is 12.1. The van der Waals surface area contributed by atoms with Crippen LogP contribution in [0.15, 0.2) is 71.3 Å². The van der Waals surface area contributed by atoms with Crippen molar-refractivity contribution in [3.63, 3.8) is 0 Å². The minimum absolute atomic E-state index is 0.100. The van der Waals surface area contributed by atoms with Crippen molar-refractivity contribution >= 4 is 27.9 Å². The number of aromatic nitrogens is 3. The number of rotatable bonds is 6. The van der Waals surface area contributed by atoms with Gasteiger partial charge < -0.3 is 5.32 Å². The average Bonchev–Trinajstić information content (AvgIpc) is 3.08. The Morgan fingerprint density at radius 1 is 1.19 bits per heavy atom. The Balaban J connectivity index is 1.58. The van der Waals surface area contributed by atoms with Gasteiger partial charge in [0.15, 0.2) is 0 Å². The van der Waals surface area contributed by atoms with Crippen LogP contribution in [0.4, 0.5) is 0 Å². The fourth-order valence-corrected chi connectivity index (χ4v) is 3.19. The Kier molecular flexibility index (Phi) is 5.96. The molecule has 1 aromatic heterocycles. The van der Waals surface area contributed by atoms with Crippen LogP contribution in [-0.4, -0.2) is 20.9 Å². The van der Waals surface area contributed by atoms with Crippen LogP contribution in [-0.2, 0) is 11.3 Å². The zero-order chi connectivity index (χ0) is 18.4. The van der Waals surface area contributed by atoms with Gasteiger partial charge in [0.05, 0.1) is 18.8 Å². The SMILES string of the molecule is C[C@@H](NC(=O)/C=C/c1cn(Cc2ccccc2)nn1)c1ccccc1Br. The molecule has 26 heavy (non-hydrogen) atoms. The molecule has 0 radical (unpaired) electrons. The quantitative estimate of drug-likeness (QED) is 0.625. The van der Waals surface area contributed by atoms with Crippen LogP contribution >= 0.6 is 15.9 Å². The van der Waals surface area contributed by atoms with E-state index >= 15 is 0 Å². The second-order valence-corrected chi connectivity index (χ2v) is 6.77. The van der Waals surface area contributed by atoms with E-state index in [1.165, 1.54) is 6.08 Å². The number of nitrogens with one attached hydrogen (secondary N) is 1. The third-order valence-electron chi connectivity index (χ3n) is 3.88. The Bertz CT molecular complexity index is 905. The standard InChI is InChI=1S/C20H19BrN4O/c1-15(18-9-5-6-10-19(18)21)22-20(26)12-11-17-14-25(24-23-17)13-16-7-3-2-4-8-16/h2-12,14-15H,13H2,1H3,(H,22,26)/b12-11+/t15-/m1/s1. The van der Waals surface area contributed by atoms with Crippen LogP contribution in [0.3, 0.4) is 0 Å². The van der Waals surface area contributed by atoms with Crippen LogP contribution in [0.1, 0.15) is 29.8 Å². The molecule has 0 fully saturated rings. The molecule has 1 N–H and O–H groups in total. The summed E-state index contributed by atoms with van der Waals surface area (Å²) in [5.41, 5.74) is 2.82. The highest BCUT2D eigenvalue weighted by Gasteiger charge is 2.10. The molecule has 6 heteroatoms. The van der Waals surface area contributed by atoms with Gasteiger partial charge >= 0.3 is 0 Å². The summed E-state index contributed by atoms with van der Waals surface area (Å²) in [5.74, 6) is -0.175. The van der Waals surface area contributed by atoms with Crippen LogP contribution in [0.2, 0.25) is 0 Å². The van der Waals surface area contributed by atoms with E-state index in [0.29, 0.717) is 12.2 Å². The molecule has 0 saturated carbocycles. The van der Waals surface area contributed by atoms with E-state index in [9.17, 15) is 4.79 Å². The van der Waals surface area contributed by atoms with Gasteiger partial charge in [-0.3, -0.25) is 4.79 Å². The van der Waals surface area contributed by atoms with Gasteiger partial charge in [0, 0.05) is 10.5 Å². The summed E-state index contributed by atoms with van der Waals surface area (Å²) >= 11 is 3.50. The van der Waals surface area contributed by atoms with Crippen molar-refractivity contribution in [2.75, 3.05) is 0 Å². The summed E-state index contributed by atoms with van der Waals surface area (Å²) in [6, 6.07) is 17.8. The van der Waals surface area contributed by atoms with Crippen LogP contribution in [0, 0.1) is 0 Å². The van der Waals surface area contributed by atoms with Gasteiger partial charge in [0.1, 0.15) is 5.69 Å². The number of nitrogens with zero attached hydrogens (tertiary/aromatic N) is 3. The van der Waals surface area contributed by atoms with Crippen LogP contribution < -0.4 is 5.32 Å². The smallest absolute Gasteiger partial charge is 0.244 e. The fourth-order valence-electron chi connectivity index (χ4n) is 2.56. The highest BCUT2D eigenvalue weighted by Crippen LogP contribution is 2.22. The monoisotopic (exact) mass is 410 g/mol. The lowest BCUT2D eigenvalue weighted by Crippen LogP contribution is -2.24. The molecule has 0 aliphatic rings. The van der Waals surface area contributed by atoms with Crippen LogP contribution in [0.5, 0.6) is 0 Å². The van der Waals surface area contributed by atoms with E-state index < -0.39 is 0 Å². The molecule has 5 nitrogen and oxygen atoms in total. The normalized spacial score (nSPS) is 12.2. The minimum Gasteiger partial charge on any atom is -0.346 e. The Labute approximate surface area is 160 Å². The van der Waals surface area contributed by atoms with Gasteiger partial charge in [-0.1, -0.05) is 69.7 Å². The maximum atomic E-state index is 12.1. The third kappa shape index (κ3) is 4.89. The predicted molar refractivity (Wildman–Crippen MR) is 105 cm³/mol. The summed E-state index contributed by atoms with van der Waals surface area (Å²) in [6.45, 7) is 2.59. The molecule has 0 aliphatic carbocycles. The molecule has 0 spiro atoms. The van der Waals surface area contributed by atoms with E-state index in [4.69, 9.17) is 0 Å². The summed E-state index contributed by atoms with van der Waals surface area (Å²) in [7, 11) is 0. The summed E-state index contributed by atoms with van der Waals surface area (Å²) in [5, 5.41) is 11.1. The average molecular weight is 411 g/mol. The van der Waals surface area contributed by atoms with Gasteiger partial charge in [0.2, 0.25) is 5.91 Å². The number of halogens is 1. The highest BCUT2D eigenvalue weighted by atomic mass is 79.9. The van der Waals surface area contributed by atoms with E-state index in [1.54, 1.807) is 10.8 Å². The minimum atomic E-state index is -0.175. The first-order valence-electron chi connectivity index (χ1n) is 8.29. The van der Waals surface area contributed by atoms with Gasteiger partial charge in [-0.15, -0.1) is 5.10 Å². The second-order valence-electron chi connectivity index (χ2n) is 5.91. The lowest BCUT2D eigenvalue weighted by Gasteiger charge is -2.14. The zero-order valence-corrected chi connectivity index (χ0v) is 15.9. The number of carbonyl (C=O) groups excluding carboxylic acids is 1. The predicted octanol–water partition coefficient (Wildman–Crippen LogP) is 3.98. The van der Waals surface area contributed by atoms with Gasteiger partial charge in [-0.2, -0.15) is 0 Å². The number of amides is 1. The summed E-state index contributed by atoms with van der Waals surface area (Å²) in [4.78, 5) is 12.1. The summed E-state index contributed by atoms with van der Waals surface area (Å²) in [6.07, 6.45) is 4.95. The summed E-state index contributed by atoms with van der Waals surface area (Å²) < 4.78 is 2.72. The lowest BCUT2D eigenvalue weighted by molar-refractivity contribution is -0.117. The second kappa shape index (κ2) is 8.58. The first-order valence-corrected chi connectivity index (χ1v) is 9.08. The topological polar surface area (TPSA) is 59.8 Å². The highest BCUT2D eigenvalue weighted by molar-refractivity contribution is 9.10. The van der Waals surface area contributed by atoms with Crippen molar-refractivity contribution in [2.24, 2.45) is 0 Å². The molecule has 0 aliphatic heterocycles. The first kappa shape index (κ1) is 18.1. The molecule has 0 saturated heterocycles. The molecule has 0 bridgehead atoms. The van der Waals surface area contributed by atoms with Crippen molar-refractivity contribution < 1.29 is 4.79 Å². The molecule has 1 heterocycles. The number of hydrogen-bond acceptors (Lipinski definition) is 3. The third-order valence-corrected chi connectivity index (χ3v) is 4.60. The molecule has 1 amide bonds. The largest absolute Gasteiger partial charge is 0.346 e. The van der Waals surface area contributed by atoms with Crippen molar-refractivity contribution in [1.29, 1.82) is 0 Å². The maximum Gasteiger partial charge on any atom is 0.244 e. The van der Waals surface area contributed by atoms with E-state index in [-0.39, 0.29) is 11.9 Å². The lowest BCUT2D eigenvalue weighted by atomic mass is 10.1. The first-order chi connectivity index (χ1) is 12.6. The van der Waals surface area contributed by atoms with Gasteiger partial charge in [0.25, 0.3) is 0 Å². The van der Waals surface area contributed by atoms with Gasteiger partial charge in [-0.05, 0) is 30.2 Å².